The van der Waals surface area contributed by atoms with Gasteiger partial charge in [0.05, 0.1) is 0 Å². The van der Waals surface area contributed by atoms with Crippen molar-refractivity contribution in [3.05, 3.63) is 40.3 Å². The first-order valence-electron chi connectivity index (χ1n) is 13.7. The third-order valence-corrected chi connectivity index (χ3v) is 7.81. The molecule has 3 heterocycles. The molecule has 1 amide bonds. The molecule has 198 valence electrons. The van der Waals surface area contributed by atoms with Crippen molar-refractivity contribution in [3.63, 3.8) is 0 Å². The van der Waals surface area contributed by atoms with Crippen molar-refractivity contribution in [1.29, 1.82) is 0 Å². The van der Waals surface area contributed by atoms with Crippen molar-refractivity contribution in [3.8, 4) is 0 Å². The molecule has 2 aromatic heterocycles. The second-order valence-electron chi connectivity index (χ2n) is 10.7. The zero-order valence-electron chi connectivity index (χ0n) is 22.3. The Hall–Kier alpha value is -3.04. The van der Waals surface area contributed by atoms with Crippen LogP contribution in [0.15, 0.2) is 29.2 Å². The number of unbranched alkanes of at least 4 members (excludes halogenated alkanes) is 1. The first-order chi connectivity index (χ1) is 17.9. The lowest BCUT2D eigenvalue weighted by Gasteiger charge is -2.32. The number of hydrogen-bond donors (Lipinski definition) is 2. The van der Waals surface area contributed by atoms with Gasteiger partial charge in [-0.2, -0.15) is 4.98 Å². The van der Waals surface area contributed by atoms with Gasteiger partial charge in [-0.15, -0.1) is 0 Å². The Kier molecular flexibility index (Phi) is 7.71. The first kappa shape index (κ1) is 25.6. The largest absolute Gasteiger partial charge is 0.354 e. The van der Waals surface area contributed by atoms with Crippen LogP contribution >= 0.6 is 0 Å². The molecular formula is C28H39N7O2. The lowest BCUT2D eigenvalue weighted by molar-refractivity contribution is -0.119. The number of anilines is 1. The highest BCUT2D eigenvalue weighted by Gasteiger charge is 2.29. The number of nitrogens with one attached hydrogen (secondary N) is 2. The van der Waals surface area contributed by atoms with E-state index < -0.39 is 0 Å². The Labute approximate surface area is 218 Å². The Bertz CT molecular complexity index is 1330. The SMILES string of the molecule is CCCCNc1ncc2c3ccc(CN4CCN(C)CC4)cc3c(=O)n([C@H]3CC[C@H](NC(C)=O)C3)c2n1. The number of aromatic nitrogens is 3. The molecule has 2 N–H and O–H groups in total. The number of hydrogen-bond acceptors (Lipinski definition) is 7. The highest BCUT2D eigenvalue weighted by Crippen LogP contribution is 2.33. The molecule has 2 fully saturated rings. The predicted molar refractivity (Wildman–Crippen MR) is 148 cm³/mol. The number of pyridine rings is 1. The van der Waals surface area contributed by atoms with Gasteiger partial charge < -0.3 is 15.5 Å². The van der Waals surface area contributed by atoms with Gasteiger partial charge in [0.25, 0.3) is 5.56 Å². The maximum Gasteiger partial charge on any atom is 0.260 e. The zero-order valence-corrected chi connectivity index (χ0v) is 22.3. The summed E-state index contributed by atoms with van der Waals surface area (Å²) in [5.74, 6) is 0.524. The van der Waals surface area contributed by atoms with Gasteiger partial charge in [0.2, 0.25) is 11.9 Å². The highest BCUT2D eigenvalue weighted by molar-refractivity contribution is 6.04. The quantitative estimate of drug-likeness (QED) is 0.359. The molecule has 5 rings (SSSR count). The number of carbonyl (C=O) groups excluding carboxylic acids is 1. The summed E-state index contributed by atoms with van der Waals surface area (Å²) in [7, 11) is 2.16. The van der Waals surface area contributed by atoms with E-state index in [0.29, 0.717) is 11.6 Å². The normalized spacial score (nSPS) is 21.1. The fourth-order valence-electron chi connectivity index (χ4n) is 5.75. The van der Waals surface area contributed by atoms with Crippen molar-refractivity contribution >= 4 is 33.7 Å². The highest BCUT2D eigenvalue weighted by atomic mass is 16.1. The molecule has 0 spiro atoms. The number of amides is 1. The standard InChI is InChI=1S/C28H39N7O2/c1-4-5-10-29-28-30-17-25-23-9-6-20(18-34-13-11-33(3)12-14-34)15-24(23)27(37)35(26(25)32-28)22-8-7-21(16-22)31-19(2)36/h6,9,15,17,21-22H,4-5,7-8,10-14,16,18H2,1-3H3,(H,31,36)(H,29,30,32)/t21-,22-/m0/s1. The summed E-state index contributed by atoms with van der Waals surface area (Å²) >= 11 is 0. The minimum absolute atomic E-state index is 0.00518. The van der Waals surface area contributed by atoms with Crippen LogP contribution in [-0.4, -0.2) is 76.1 Å². The van der Waals surface area contributed by atoms with E-state index >= 15 is 0 Å². The van der Waals surface area contributed by atoms with Crippen LogP contribution in [0.25, 0.3) is 21.8 Å². The Morgan fingerprint density at radius 3 is 2.68 bits per heavy atom. The monoisotopic (exact) mass is 505 g/mol. The Morgan fingerprint density at radius 2 is 1.92 bits per heavy atom. The number of benzene rings is 1. The lowest BCUT2D eigenvalue weighted by atomic mass is 10.0. The average molecular weight is 506 g/mol. The molecule has 0 unspecified atom stereocenters. The molecular weight excluding hydrogens is 466 g/mol. The molecule has 9 nitrogen and oxygen atoms in total. The van der Waals surface area contributed by atoms with Crippen LogP contribution in [0.4, 0.5) is 5.95 Å². The topological polar surface area (TPSA) is 95.4 Å². The van der Waals surface area contributed by atoms with Crippen molar-refractivity contribution < 1.29 is 4.79 Å². The number of carbonyl (C=O) groups is 1. The summed E-state index contributed by atoms with van der Waals surface area (Å²) in [6.07, 6.45) is 6.38. The molecule has 2 aliphatic rings. The van der Waals surface area contributed by atoms with Gasteiger partial charge in [0.1, 0.15) is 5.65 Å². The molecule has 2 atom stereocenters. The number of nitrogens with zero attached hydrogens (tertiary/aromatic N) is 5. The Morgan fingerprint density at radius 1 is 1.11 bits per heavy atom. The van der Waals surface area contributed by atoms with Gasteiger partial charge in [0, 0.05) is 75.2 Å². The van der Waals surface area contributed by atoms with E-state index in [2.05, 4.69) is 57.6 Å². The van der Waals surface area contributed by atoms with Gasteiger partial charge in [-0.3, -0.25) is 19.1 Å². The zero-order chi connectivity index (χ0) is 25.9. The molecule has 1 saturated carbocycles. The first-order valence-corrected chi connectivity index (χ1v) is 13.7. The van der Waals surface area contributed by atoms with Crippen LogP contribution in [-0.2, 0) is 11.3 Å². The summed E-state index contributed by atoms with van der Waals surface area (Å²) in [6.45, 7) is 9.53. The van der Waals surface area contributed by atoms with Crippen LogP contribution in [0.3, 0.4) is 0 Å². The molecule has 1 saturated heterocycles. The fraction of sp³-hybridized carbons (Fsp3) is 0.571. The van der Waals surface area contributed by atoms with E-state index in [-0.39, 0.29) is 23.6 Å². The molecule has 0 bridgehead atoms. The molecule has 0 radical (unpaired) electrons. The lowest BCUT2D eigenvalue weighted by Crippen LogP contribution is -2.43. The molecule has 3 aromatic rings. The van der Waals surface area contributed by atoms with Gasteiger partial charge in [0.15, 0.2) is 0 Å². The van der Waals surface area contributed by atoms with Crippen molar-refractivity contribution in [1.82, 2.24) is 29.7 Å². The summed E-state index contributed by atoms with van der Waals surface area (Å²) in [6, 6.07) is 6.33. The summed E-state index contributed by atoms with van der Waals surface area (Å²) in [5.41, 5.74) is 1.82. The fourth-order valence-corrected chi connectivity index (χ4v) is 5.75. The van der Waals surface area contributed by atoms with E-state index in [1.54, 1.807) is 6.92 Å². The van der Waals surface area contributed by atoms with Gasteiger partial charge in [-0.05, 0) is 49.7 Å². The molecule has 1 aliphatic carbocycles. The molecule has 37 heavy (non-hydrogen) atoms. The smallest absolute Gasteiger partial charge is 0.260 e. The maximum atomic E-state index is 14.1. The second-order valence-corrected chi connectivity index (χ2v) is 10.7. The van der Waals surface area contributed by atoms with Crippen molar-refractivity contribution in [2.24, 2.45) is 0 Å². The minimum atomic E-state index is -0.0281. The van der Waals surface area contributed by atoms with Gasteiger partial charge >= 0.3 is 0 Å². The number of piperazine rings is 1. The third kappa shape index (κ3) is 5.62. The van der Waals surface area contributed by atoms with Crippen molar-refractivity contribution in [2.45, 2.75) is 64.6 Å². The van der Waals surface area contributed by atoms with Gasteiger partial charge in [-0.25, -0.2) is 4.98 Å². The molecule has 9 heteroatoms. The third-order valence-electron chi connectivity index (χ3n) is 7.81. The van der Waals surface area contributed by atoms with E-state index in [1.165, 1.54) is 0 Å². The van der Waals surface area contributed by atoms with E-state index in [0.717, 1.165) is 93.1 Å². The number of likely N-dealkylation sites (N-methyl/N-ethyl adjacent to an activating group) is 1. The van der Waals surface area contributed by atoms with Crippen LogP contribution < -0.4 is 16.2 Å². The van der Waals surface area contributed by atoms with Crippen molar-refractivity contribution in [2.75, 3.05) is 45.1 Å². The summed E-state index contributed by atoms with van der Waals surface area (Å²) in [4.78, 5) is 40.0. The number of fused-ring (bicyclic) bond motifs is 3. The van der Waals surface area contributed by atoms with Crippen LogP contribution in [0, 0.1) is 0 Å². The second kappa shape index (κ2) is 11.1. The minimum Gasteiger partial charge on any atom is -0.354 e. The molecule has 1 aromatic carbocycles. The van der Waals surface area contributed by atoms with Gasteiger partial charge in [-0.1, -0.05) is 25.5 Å². The van der Waals surface area contributed by atoms with Crippen LogP contribution in [0.5, 0.6) is 0 Å². The van der Waals surface area contributed by atoms with Crippen LogP contribution in [0.2, 0.25) is 0 Å². The summed E-state index contributed by atoms with van der Waals surface area (Å²) in [5, 5.41) is 8.86. The Balaban J connectivity index is 1.56. The summed E-state index contributed by atoms with van der Waals surface area (Å²) < 4.78 is 1.88. The van der Waals surface area contributed by atoms with E-state index in [1.807, 2.05) is 10.8 Å². The van der Waals surface area contributed by atoms with E-state index in [4.69, 9.17) is 4.98 Å². The van der Waals surface area contributed by atoms with E-state index in [9.17, 15) is 9.59 Å². The predicted octanol–water partition coefficient (Wildman–Crippen LogP) is 3.13. The average Bonchev–Trinajstić information content (AvgIpc) is 3.33. The van der Waals surface area contributed by atoms with Crippen LogP contribution in [0.1, 0.15) is 57.6 Å². The molecule has 1 aliphatic heterocycles. The number of rotatable bonds is 8. The maximum absolute atomic E-state index is 14.1.